The van der Waals surface area contributed by atoms with Gasteiger partial charge in [-0.1, -0.05) is 24.3 Å². The lowest BCUT2D eigenvalue weighted by atomic mass is 9.75. The fourth-order valence-corrected chi connectivity index (χ4v) is 4.24. The Hall–Kier alpha value is -2.36. The summed E-state index contributed by atoms with van der Waals surface area (Å²) < 4.78 is 10.7. The number of methoxy groups -OCH3 is 1. The molecule has 0 radical (unpaired) electrons. The molecule has 4 heteroatoms. The lowest BCUT2D eigenvalue weighted by Gasteiger charge is -2.30. The average Bonchev–Trinajstić information content (AvgIpc) is 3.04. The van der Waals surface area contributed by atoms with E-state index in [0.29, 0.717) is 18.8 Å². The SMILES string of the molecule is C=C[C@@H](CC(=O)OC)c1ccc(OCC2=C[C@]3(CCC2)CCC(=O)C3)cc1. The van der Waals surface area contributed by atoms with Crippen molar-refractivity contribution in [3.05, 3.63) is 54.1 Å². The van der Waals surface area contributed by atoms with Crippen molar-refractivity contribution in [3.63, 3.8) is 0 Å². The normalized spacial score (nSPS) is 23.0. The number of benzene rings is 1. The molecule has 0 amide bonds. The molecule has 2 atom stereocenters. The zero-order valence-electron chi connectivity index (χ0n) is 16.0. The summed E-state index contributed by atoms with van der Waals surface area (Å²) in [6.45, 7) is 4.39. The maximum Gasteiger partial charge on any atom is 0.306 e. The van der Waals surface area contributed by atoms with Gasteiger partial charge >= 0.3 is 5.97 Å². The van der Waals surface area contributed by atoms with Crippen LogP contribution in [0.5, 0.6) is 5.75 Å². The molecule has 3 rings (SSSR count). The zero-order chi connectivity index (χ0) is 19.3. The first-order chi connectivity index (χ1) is 13.0. The molecular formula is C23H28O4. The zero-order valence-corrected chi connectivity index (χ0v) is 16.0. The second kappa shape index (κ2) is 8.55. The number of allylic oxidation sites excluding steroid dienone is 2. The van der Waals surface area contributed by atoms with Gasteiger partial charge in [0.15, 0.2) is 0 Å². The molecule has 0 unspecified atom stereocenters. The summed E-state index contributed by atoms with van der Waals surface area (Å²) >= 11 is 0. The van der Waals surface area contributed by atoms with Crippen LogP contribution >= 0.6 is 0 Å². The predicted molar refractivity (Wildman–Crippen MR) is 105 cm³/mol. The monoisotopic (exact) mass is 368 g/mol. The molecule has 2 aliphatic rings. The molecule has 144 valence electrons. The van der Waals surface area contributed by atoms with Crippen LogP contribution in [0.2, 0.25) is 0 Å². The Morgan fingerprint density at radius 3 is 2.67 bits per heavy atom. The molecule has 4 nitrogen and oxygen atoms in total. The Balaban J connectivity index is 1.59. The molecule has 1 fully saturated rings. The van der Waals surface area contributed by atoms with Gasteiger partial charge in [-0.25, -0.2) is 0 Å². The lowest BCUT2D eigenvalue weighted by Crippen LogP contribution is -2.20. The maximum atomic E-state index is 11.7. The first-order valence-electron chi connectivity index (χ1n) is 9.68. The van der Waals surface area contributed by atoms with Gasteiger partial charge in [0.2, 0.25) is 0 Å². The van der Waals surface area contributed by atoms with Gasteiger partial charge in [-0.05, 0) is 54.4 Å². The molecule has 0 bridgehead atoms. The van der Waals surface area contributed by atoms with Gasteiger partial charge in [-0.2, -0.15) is 0 Å². The number of carbonyl (C=O) groups excluding carboxylic acids is 2. The van der Waals surface area contributed by atoms with E-state index in [1.54, 1.807) is 6.08 Å². The minimum Gasteiger partial charge on any atom is -0.489 e. The molecule has 0 heterocycles. The van der Waals surface area contributed by atoms with E-state index in [0.717, 1.165) is 43.4 Å². The van der Waals surface area contributed by atoms with Gasteiger partial charge < -0.3 is 9.47 Å². The Bertz CT molecular complexity index is 731. The fourth-order valence-electron chi connectivity index (χ4n) is 4.24. The summed E-state index contributed by atoms with van der Waals surface area (Å²) in [6.07, 6.45) is 10.1. The molecule has 0 N–H and O–H groups in total. The molecule has 0 saturated heterocycles. The highest BCUT2D eigenvalue weighted by molar-refractivity contribution is 5.82. The molecule has 1 aromatic rings. The smallest absolute Gasteiger partial charge is 0.306 e. The van der Waals surface area contributed by atoms with Crippen LogP contribution in [0.1, 0.15) is 56.4 Å². The number of ketones is 1. The molecule has 1 spiro atoms. The van der Waals surface area contributed by atoms with Gasteiger partial charge in [-0.3, -0.25) is 9.59 Å². The highest BCUT2D eigenvalue weighted by Crippen LogP contribution is 2.45. The highest BCUT2D eigenvalue weighted by Gasteiger charge is 2.38. The van der Waals surface area contributed by atoms with Crippen molar-refractivity contribution in [1.82, 2.24) is 0 Å². The summed E-state index contributed by atoms with van der Waals surface area (Å²) in [7, 11) is 1.39. The van der Waals surface area contributed by atoms with Gasteiger partial charge in [0.1, 0.15) is 18.1 Å². The third-order valence-corrected chi connectivity index (χ3v) is 5.77. The number of Topliss-reactive ketones (excluding diaryl/α,β-unsaturated/α-hetero) is 1. The van der Waals surface area contributed by atoms with E-state index in [1.165, 1.54) is 12.7 Å². The fraction of sp³-hybridized carbons (Fsp3) is 0.478. The number of hydrogen-bond donors (Lipinski definition) is 0. The molecule has 0 aliphatic heterocycles. The van der Waals surface area contributed by atoms with E-state index in [-0.39, 0.29) is 23.7 Å². The van der Waals surface area contributed by atoms with Crippen LogP contribution in [0.4, 0.5) is 0 Å². The largest absolute Gasteiger partial charge is 0.489 e. The quantitative estimate of drug-likeness (QED) is 0.515. The van der Waals surface area contributed by atoms with Crippen LogP contribution < -0.4 is 4.74 Å². The first kappa shape index (κ1) is 19.4. The van der Waals surface area contributed by atoms with Gasteiger partial charge in [-0.15, -0.1) is 6.58 Å². The Morgan fingerprint density at radius 1 is 1.26 bits per heavy atom. The van der Waals surface area contributed by atoms with E-state index in [4.69, 9.17) is 9.47 Å². The third kappa shape index (κ3) is 4.88. The minimum atomic E-state index is -0.246. The first-order valence-corrected chi connectivity index (χ1v) is 9.68. The van der Waals surface area contributed by atoms with E-state index in [9.17, 15) is 9.59 Å². The van der Waals surface area contributed by atoms with Crippen molar-refractivity contribution in [2.75, 3.05) is 13.7 Å². The second-order valence-electron chi connectivity index (χ2n) is 7.71. The van der Waals surface area contributed by atoms with Crippen LogP contribution in [-0.2, 0) is 14.3 Å². The van der Waals surface area contributed by atoms with E-state index >= 15 is 0 Å². The van der Waals surface area contributed by atoms with Crippen LogP contribution in [0.15, 0.2) is 48.6 Å². The Morgan fingerprint density at radius 2 is 2.04 bits per heavy atom. The van der Waals surface area contributed by atoms with Crippen molar-refractivity contribution in [2.45, 2.75) is 50.9 Å². The van der Waals surface area contributed by atoms with Crippen molar-refractivity contribution < 1.29 is 19.1 Å². The van der Waals surface area contributed by atoms with Crippen molar-refractivity contribution in [1.29, 1.82) is 0 Å². The van der Waals surface area contributed by atoms with Crippen molar-refractivity contribution >= 4 is 11.8 Å². The van der Waals surface area contributed by atoms with Crippen LogP contribution in [0.25, 0.3) is 0 Å². The Labute approximate surface area is 161 Å². The van der Waals surface area contributed by atoms with Crippen molar-refractivity contribution in [2.24, 2.45) is 5.41 Å². The van der Waals surface area contributed by atoms with Crippen molar-refractivity contribution in [3.8, 4) is 5.75 Å². The molecule has 1 aromatic carbocycles. The van der Waals surface area contributed by atoms with E-state index in [1.807, 2.05) is 24.3 Å². The topological polar surface area (TPSA) is 52.6 Å². The summed E-state index contributed by atoms with van der Waals surface area (Å²) in [5.41, 5.74) is 2.42. The number of carbonyl (C=O) groups is 2. The number of hydrogen-bond acceptors (Lipinski definition) is 4. The van der Waals surface area contributed by atoms with Gasteiger partial charge in [0.05, 0.1) is 13.5 Å². The maximum absolute atomic E-state index is 11.7. The number of ether oxygens (including phenoxy) is 2. The standard InChI is InChI=1S/C23H28O4/c1-3-18(13-22(25)26-2)19-6-8-21(9-7-19)27-16-17-5-4-11-23(14-17)12-10-20(24)15-23/h3,6-9,14,18H,1,4-5,10-13,15-16H2,2H3/t18-,23-/m0/s1. The molecule has 2 aliphatic carbocycles. The van der Waals surface area contributed by atoms with E-state index in [2.05, 4.69) is 12.7 Å². The summed E-state index contributed by atoms with van der Waals surface area (Å²) in [4.78, 5) is 23.2. The minimum absolute atomic E-state index is 0.0627. The van der Waals surface area contributed by atoms with Crippen LogP contribution in [0.3, 0.4) is 0 Å². The van der Waals surface area contributed by atoms with E-state index < -0.39 is 0 Å². The second-order valence-corrected chi connectivity index (χ2v) is 7.71. The third-order valence-electron chi connectivity index (χ3n) is 5.77. The summed E-state index contributed by atoms with van der Waals surface area (Å²) in [6, 6.07) is 7.80. The highest BCUT2D eigenvalue weighted by atomic mass is 16.5. The molecular weight excluding hydrogens is 340 g/mol. The summed E-state index contributed by atoms with van der Waals surface area (Å²) in [5.74, 6) is 0.895. The lowest BCUT2D eigenvalue weighted by molar-refractivity contribution is -0.140. The van der Waals surface area contributed by atoms with Gasteiger partial charge in [0.25, 0.3) is 0 Å². The molecule has 1 saturated carbocycles. The average molecular weight is 368 g/mol. The molecule has 27 heavy (non-hydrogen) atoms. The van der Waals surface area contributed by atoms with Crippen LogP contribution in [-0.4, -0.2) is 25.5 Å². The number of rotatable bonds is 7. The Kier molecular flexibility index (Phi) is 6.15. The van der Waals surface area contributed by atoms with Crippen LogP contribution in [0, 0.1) is 5.41 Å². The predicted octanol–water partition coefficient (Wildman–Crippen LogP) is 4.75. The van der Waals surface area contributed by atoms with Gasteiger partial charge in [0, 0.05) is 18.8 Å². The molecule has 0 aromatic heterocycles. The summed E-state index contributed by atoms with van der Waals surface area (Å²) in [5, 5.41) is 0. The number of esters is 1.